The minimum Gasteiger partial charge on any atom is -0.339 e. The van der Waals surface area contributed by atoms with E-state index >= 15 is 0 Å². The SMILES string of the molecule is CN(C)Cc1noc(CCC(CCN)C(C)(C)C)n1. The maximum atomic E-state index is 5.70. The second-order valence-electron chi connectivity index (χ2n) is 6.52. The summed E-state index contributed by atoms with van der Waals surface area (Å²) >= 11 is 0. The van der Waals surface area contributed by atoms with Crippen molar-refractivity contribution in [3.05, 3.63) is 11.7 Å². The highest BCUT2D eigenvalue weighted by Crippen LogP contribution is 2.31. The maximum Gasteiger partial charge on any atom is 0.226 e. The van der Waals surface area contributed by atoms with E-state index in [-0.39, 0.29) is 5.41 Å². The van der Waals surface area contributed by atoms with E-state index in [9.17, 15) is 0 Å². The van der Waals surface area contributed by atoms with Crippen LogP contribution in [0.2, 0.25) is 0 Å². The first kappa shape index (κ1) is 16.1. The predicted molar refractivity (Wildman–Crippen MR) is 76.6 cm³/mol. The summed E-state index contributed by atoms with van der Waals surface area (Å²) in [7, 11) is 3.99. The summed E-state index contributed by atoms with van der Waals surface area (Å²) in [6, 6.07) is 0. The molecular formula is C14H28N4O. The fraction of sp³-hybridized carbons (Fsp3) is 0.857. The average Bonchev–Trinajstić information content (AvgIpc) is 2.69. The fourth-order valence-electron chi connectivity index (χ4n) is 2.25. The Hall–Kier alpha value is -0.940. The molecule has 1 aromatic heterocycles. The van der Waals surface area contributed by atoms with Crippen LogP contribution >= 0.6 is 0 Å². The molecule has 0 aromatic carbocycles. The van der Waals surface area contributed by atoms with Crippen LogP contribution in [0.4, 0.5) is 0 Å². The van der Waals surface area contributed by atoms with Gasteiger partial charge in [-0.25, -0.2) is 0 Å². The normalized spacial score (nSPS) is 14.1. The molecule has 0 amide bonds. The van der Waals surface area contributed by atoms with Crippen molar-refractivity contribution in [1.82, 2.24) is 15.0 Å². The number of hydrogen-bond donors (Lipinski definition) is 1. The Balaban J connectivity index is 2.52. The highest BCUT2D eigenvalue weighted by Gasteiger charge is 2.24. The van der Waals surface area contributed by atoms with Gasteiger partial charge in [0.25, 0.3) is 0 Å². The molecule has 0 bridgehead atoms. The summed E-state index contributed by atoms with van der Waals surface area (Å²) < 4.78 is 5.29. The first-order valence-electron chi connectivity index (χ1n) is 6.99. The van der Waals surface area contributed by atoms with E-state index in [0.29, 0.717) is 5.92 Å². The van der Waals surface area contributed by atoms with Gasteiger partial charge in [-0.1, -0.05) is 25.9 Å². The van der Waals surface area contributed by atoms with Crippen molar-refractivity contribution in [2.24, 2.45) is 17.1 Å². The Labute approximate surface area is 116 Å². The second kappa shape index (κ2) is 7.01. The quantitative estimate of drug-likeness (QED) is 0.820. The van der Waals surface area contributed by atoms with Crippen molar-refractivity contribution in [1.29, 1.82) is 0 Å². The van der Waals surface area contributed by atoms with Gasteiger partial charge in [0.1, 0.15) is 0 Å². The number of nitrogens with zero attached hydrogens (tertiary/aromatic N) is 3. The third kappa shape index (κ3) is 5.70. The highest BCUT2D eigenvalue weighted by molar-refractivity contribution is 4.87. The molecule has 1 aromatic rings. The Kier molecular flexibility index (Phi) is 5.94. The molecule has 0 saturated heterocycles. The molecule has 1 atom stereocenters. The van der Waals surface area contributed by atoms with Gasteiger partial charge >= 0.3 is 0 Å². The number of hydrogen-bond acceptors (Lipinski definition) is 5. The predicted octanol–water partition coefficient (Wildman–Crippen LogP) is 2.07. The Morgan fingerprint density at radius 2 is 1.95 bits per heavy atom. The van der Waals surface area contributed by atoms with Gasteiger partial charge in [-0.05, 0) is 44.8 Å². The third-order valence-corrected chi connectivity index (χ3v) is 3.41. The van der Waals surface area contributed by atoms with E-state index in [2.05, 4.69) is 30.9 Å². The molecule has 0 fully saturated rings. The zero-order chi connectivity index (χ0) is 14.5. The van der Waals surface area contributed by atoms with Gasteiger partial charge in [-0.2, -0.15) is 4.98 Å². The lowest BCUT2D eigenvalue weighted by Crippen LogP contribution is -2.24. The van der Waals surface area contributed by atoms with Crippen molar-refractivity contribution in [3.63, 3.8) is 0 Å². The van der Waals surface area contributed by atoms with Crippen molar-refractivity contribution >= 4 is 0 Å². The summed E-state index contributed by atoms with van der Waals surface area (Å²) in [6.07, 6.45) is 2.93. The van der Waals surface area contributed by atoms with E-state index < -0.39 is 0 Å². The lowest BCUT2D eigenvalue weighted by Gasteiger charge is -2.30. The number of nitrogens with two attached hydrogens (primary N) is 1. The molecule has 0 saturated carbocycles. The molecule has 5 heteroatoms. The zero-order valence-corrected chi connectivity index (χ0v) is 12.9. The van der Waals surface area contributed by atoms with E-state index in [1.807, 2.05) is 19.0 Å². The van der Waals surface area contributed by atoms with Crippen LogP contribution < -0.4 is 5.73 Å². The minimum absolute atomic E-state index is 0.270. The van der Waals surface area contributed by atoms with Crippen LogP contribution in [0.15, 0.2) is 4.52 Å². The van der Waals surface area contributed by atoms with Crippen LogP contribution in [0.5, 0.6) is 0 Å². The second-order valence-corrected chi connectivity index (χ2v) is 6.52. The molecular weight excluding hydrogens is 240 g/mol. The molecule has 5 nitrogen and oxygen atoms in total. The van der Waals surface area contributed by atoms with E-state index in [4.69, 9.17) is 10.3 Å². The van der Waals surface area contributed by atoms with Gasteiger partial charge in [0.05, 0.1) is 6.54 Å². The van der Waals surface area contributed by atoms with Crippen LogP contribution in [0, 0.1) is 11.3 Å². The molecule has 0 spiro atoms. The smallest absolute Gasteiger partial charge is 0.226 e. The topological polar surface area (TPSA) is 68.2 Å². The fourth-order valence-corrected chi connectivity index (χ4v) is 2.25. The van der Waals surface area contributed by atoms with Crippen molar-refractivity contribution in [2.75, 3.05) is 20.6 Å². The van der Waals surface area contributed by atoms with Gasteiger partial charge in [-0.3, -0.25) is 0 Å². The molecule has 1 heterocycles. The van der Waals surface area contributed by atoms with Crippen LogP contribution in [0.25, 0.3) is 0 Å². The average molecular weight is 268 g/mol. The van der Waals surface area contributed by atoms with E-state index in [1.54, 1.807) is 0 Å². The van der Waals surface area contributed by atoms with Crippen LogP contribution in [0.3, 0.4) is 0 Å². The first-order valence-corrected chi connectivity index (χ1v) is 6.99. The lowest BCUT2D eigenvalue weighted by molar-refractivity contribution is 0.208. The monoisotopic (exact) mass is 268 g/mol. The summed E-state index contributed by atoms with van der Waals surface area (Å²) in [5.41, 5.74) is 5.97. The molecule has 0 aliphatic heterocycles. The Bertz CT molecular complexity index is 368. The van der Waals surface area contributed by atoms with Gasteiger partial charge in [0.2, 0.25) is 5.89 Å². The standard InChI is InChI=1S/C14H28N4O/c1-14(2,3)11(8-9-15)6-7-13-16-12(17-19-13)10-18(4)5/h11H,6-10,15H2,1-5H3. The Morgan fingerprint density at radius 1 is 1.26 bits per heavy atom. The van der Waals surface area contributed by atoms with E-state index in [1.165, 1.54) is 0 Å². The van der Waals surface area contributed by atoms with Crippen molar-refractivity contribution in [3.8, 4) is 0 Å². The van der Waals surface area contributed by atoms with Crippen molar-refractivity contribution in [2.45, 2.75) is 46.6 Å². The number of rotatable bonds is 7. The van der Waals surface area contributed by atoms with E-state index in [0.717, 1.165) is 44.1 Å². The summed E-state index contributed by atoms with van der Waals surface area (Å²) in [5, 5.41) is 3.99. The summed E-state index contributed by atoms with van der Waals surface area (Å²) in [4.78, 5) is 6.44. The Morgan fingerprint density at radius 3 is 2.47 bits per heavy atom. The largest absolute Gasteiger partial charge is 0.339 e. The van der Waals surface area contributed by atoms with Crippen LogP contribution in [-0.2, 0) is 13.0 Å². The van der Waals surface area contributed by atoms with Gasteiger partial charge in [0, 0.05) is 6.42 Å². The molecule has 2 N–H and O–H groups in total. The van der Waals surface area contributed by atoms with Gasteiger partial charge in [0.15, 0.2) is 5.82 Å². The maximum absolute atomic E-state index is 5.70. The first-order chi connectivity index (χ1) is 8.82. The molecule has 0 aliphatic rings. The molecule has 110 valence electrons. The molecule has 0 radical (unpaired) electrons. The molecule has 1 rings (SSSR count). The van der Waals surface area contributed by atoms with Gasteiger partial charge in [-0.15, -0.1) is 0 Å². The highest BCUT2D eigenvalue weighted by atomic mass is 16.5. The minimum atomic E-state index is 0.270. The summed E-state index contributed by atoms with van der Waals surface area (Å²) in [6.45, 7) is 8.24. The molecule has 0 aliphatic carbocycles. The summed E-state index contributed by atoms with van der Waals surface area (Å²) in [5.74, 6) is 2.08. The van der Waals surface area contributed by atoms with Crippen molar-refractivity contribution < 1.29 is 4.52 Å². The van der Waals surface area contributed by atoms with Gasteiger partial charge < -0.3 is 15.2 Å². The molecule has 19 heavy (non-hydrogen) atoms. The lowest BCUT2D eigenvalue weighted by atomic mass is 9.76. The molecule has 1 unspecified atom stereocenters. The number of aryl methyl sites for hydroxylation is 1. The van der Waals surface area contributed by atoms with Crippen LogP contribution in [-0.4, -0.2) is 35.7 Å². The number of aromatic nitrogens is 2. The zero-order valence-electron chi connectivity index (χ0n) is 12.9. The van der Waals surface area contributed by atoms with Crippen LogP contribution in [0.1, 0.15) is 45.3 Å². The third-order valence-electron chi connectivity index (χ3n) is 3.41.